The first-order chi connectivity index (χ1) is 7.08. The van der Waals surface area contributed by atoms with Gasteiger partial charge in [-0.05, 0) is 20.3 Å². The Labute approximate surface area is 94.7 Å². The average Bonchev–Trinajstić information content (AvgIpc) is 2.47. The van der Waals surface area contributed by atoms with Crippen molar-refractivity contribution in [2.75, 3.05) is 6.54 Å². The monoisotopic (exact) mass is 226 g/mol. The summed E-state index contributed by atoms with van der Waals surface area (Å²) in [5.74, 6) is 0.211. The van der Waals surface area contributed by atoms with Gasteiger partial charge in [0.1, 0.15) is 10.8 Å². The SMILES string of the molecule is CCC(CN)C(=O)Cc1nc(C)c(C)s1. The van der Waals surface area contributed by atoms with Crippen molar-refractivity contribution in [1.29, 1.82) is 0 Å². The number of hydrogen-bond acceptors (Lipinski definition) is 4. The van der Waals surface area contributed by atoms with E-state index in [-0.39, 0.29) is 11.7 Å². The first-order valence-corrected chi connectivity index (χ1v) is 6.05. The van der Waals surface area contributed by atoms with Crippen LogP contribution in [0.25, 0.3) is 0 Å². The Balaban J connectivity index is 2.65. The molecule has 0 aliphatic rings. The Morgan fingerprint density at radius 2 is 2.20 bits per heavy atom. The van der Waals surface area contributed by atoms with E-state index in [4.69, 9.17) is 5.73 Å². The second kappa shape index (κ2) is 5.37. The third kappa shape index (κ3) is 3.11. The average molecular weight is 226 g/mol. The van der Waals surface area contributed by atoms with Crippen molar-refractivity contribution in [3.05, 3.63) is 15.6 Å². The highest BCUT2D eigenvalue weighted by Gasteiger charge is 2.16. The molecule has 1 heterocycles. The zero-order valence-electron chi connectivity index (χ0n) is 9.54. The summed E-state index contributed by atoms with van der Waals surface area (Å²) in [5.41, 5.74) is 6.57. The lowest BCUT2D eigenvalue weighted by molar-refractivity contribution is -0.122. The molecule has 84 valence electrons. The predicted octanol–water partition coefficient (Wildman–Crippen LogP) is 1.86. The minimum absolute atomic E-state index is 0.00508. The Hall–Kier alpha value is -0.740. The zero-order chi connectivity index (χ0) is 11.4. The van der Waals surface area contributed by atoms with Crippen LogP contribution in [0.2, 0.25) is 0 Å². The lowest BCUT2D eigenvalue weighted by atomic mass is 9.99. The maximum absolute atomic E-state index is 11.8. The van der Waals surface area contributed by atoms with Crippen LogP contribution in [-0.4, -0.2) is 17.3 Å². The summed E-state index contributed by atoms with van der Waals surface area (Å²) >= 11 is 1.61. The van der Waals surface area contributed by atoms with Gasteiger partial charge >= 0.3 is 0 Å². The Morgan fingerprint density at radius 3 is 2.60 bits per heavy atom. The largest absolute Gasteiger partial charge is 0.330 e. The van der Waals surface area contributed by atoms with E-state index in [0.29, 0.717) is 13.0 Å². The maximum Gasteiger partial charge on any atom is 0.144 e. The quantitative estimate of drug-likeness (QED) is 0.833. The standard InChI is InChI=1S/C11H18N2OS/c1-4-9(6-12)10(14)5-11-13-7(2)8(3)15-11/h9H,4-6,12H2,1-3H3. The molecule has 2 N–H and O–H groups in total. The van der Waals surface area contributed by atoms with E-state index in [0.717, 1.165) is 17.1 Å². The number of carbonyl (C=O) groups excluding carboxylic acids is 1. The fraction of sp³-hybridized carbons (Fsp3) is 0.636. The van der Waals surface area contributed by atoms with Crippen LogP contribution in [0, 0.1) is 19.8 Å². The summed E-state index contributed by atoms with van der Waals surface area (Å²) < 4.78 is 0. The van der Waals surface area contributed by atoms with E-state index >= 15 is 0 Å². The molecular weight excluding hydrogens is 208 g/mol. The zero-order valence-corrected chi connectivity index (χ0v) is 10.4. The number of aromatic nitrogens is 1. The first kappa shape index (κ1) is 12.3. The summed E-state index contributed by atoms with van der Waals surface area (Å²) in [5, 5.41) is 0.918. The number of thiazole rings is 1. The van der Waals surface area contributed by atoms with Crippen LogP contribution < -0.4 is 5.73 Å². The topological polar surface area (TPSA) is 56.0 Å². The molecule has 1 rings (SSSR count). The first-order valence-electron chi connectivity index (χ1n) is 5.24. The highest BCUT2D eigenvalue weighted by Crippen LogP contribution is 2.18. The van der Waals surface area contributed by atoms with Crippen molar-refractivity contribution in [1.82, 2.24) is 4.98 Å². The third-order valence-corrected chi connectivity index (χ3v) is 3.70. The van der Waals surface area contributed by atoms with Crippen molar-refractivity contribution in [2.24, 2.45) is 11.7 Å². The normalized spacial score (nSPS) is 12.8. The number of nitrogens with two attached hydrogens (primary N) is 1. The molecule has 0 bridgehead atoms. The molecule has 1 atom stereocenters. The molecule has 0 aliphatic carbocycles. The van der Waals surface area contributed by atoms with Crippen LogP contribution >= 0.6 is 11.3 Å². The number of nitrogens with zero attached hydrogens (tertiary/aromatic N) is 1. The van der Waals surface area contributed by atoms with Crippen molar-refractivity contribution in [3.8, 4) is 0 Å². The van der Waals surface area contributed by atoms with Gasteiger partial charge in [-0.15, -0.1) is 11.3 Å². The molecule has 0 saturated heterocycles. The van der Waals surface area contributed by atoms with Crippen LogP contribution in [0.3, 0.4) is 0 Å². The number of hydrogen-bond donors (Lipinski definition) is 1. The smallest absolute Gasteiger partial charge is 0.144 e. The van der Waals surface area contributed by atoms with Crippen LogP contribution in [0.1, 0.15) is 28.9 Å². The molecule has 3 nitrogen and oxygen atoms in total. The molecule has 0 amide bonds. The fourth-order valence-corrected chi connectivity index (χ4v) is 2.38. The molecule has 0 saturated carbocycles. The molecule has 4 heteroatoms. The van der Waals surface area contributed by atoms with E-state index in [1.165, 1.54) is 4.88 Å². The van der Waals surface area contributed by atoms with Crippen LogP contribution in [-0.2, 0) is 11.2 Å². The van der Waals surface area contributed by atoms with Gasteiger partial charge < -0.3 is 5.73 Å². The lowest BCUT2D eigenvalue weighted by Crippen LogP contribution is -2.24. The van der Waals surface area contributed by atoms with Gasteiger partial charge in [-0.1, -0.05) is 6.92 Å². The van der Waals surface area contributed by atoms with Crippen LogP contribution in [0.4, 0.5) is 0 Å². The fourth-order valence-electron chi connectivity index (χ4n) is 1.43. The third-order valence-electron chi connectivity index (χ3n) is 2.63. The van der Waals surface area contributed by atoms with Gasteiger partial charge in [0.25, 0.3) is 0 Å². The van der Waals surface area contributed by atoms with E-state index in [1.54, 1.807) is 11.3 Å². The number of Topliss-reactive ketones (excluding diaryl/α,β-unsaturated/α-hetero) is 1. The van der Waals surface area contributed by atoms with Crippen LogP contribution in [0.5, 0.6) is 0 Å². The molecular formula is C11H18N2OS. The van der Waals surface area contributed by atoms with Crippen molar-refractivity contribution >= 4 is 17.1 Å². The molecule has 0 spiro atoms. The molecule has 0 aliphatic heterocycles. The molecule has 1 unspecified atom stereocenters. The molecule has 0 radical (unpaired) electrons. The van der Waals surface area contributed by atoms with E-state index in [1.807, 2.05) is 20.8 Å². The maximum atomic E-state index is 11.8. The van der Waals surface area contributed by atoms with Crippen LogP contribution in [0.15, 0.2) is 0 Å². The summed E-state index contributed by atoms with van der Waals surface area (Å²) in [6, 6.07) is 0. The summed E-state index contributed by atoms with van der Waals surface area (Å²) in [6.45, 7) is 6.44. The minimum atomic E-state index is -0.00508. The molecule has 0 aromatic carbocycles. The molecule has 1 aromatic heterocycles. The highest BCUT2D eigenvalue weighted by atomic mass is 32.1. The van der Waals surface area contributed by atoms with Crippen molar-refractivity contribution in [3.63, 3.8) is 0 Å². The highest BCUT2D eigenvalue weighted by molar-refractivity contribution is 7.11. The summed E-state index contributed by atoms with van der Waals surface area (Å²) in [7, 11) is 0. The Kier molecular flexibility index (Phi) is 4.42. The summed E-state index contributed by atoms with van der Waals surface area (Å²) in [6.07, 6.45) is 1.26. The lowest BCUT2D eigenvalue weighted by Gasteiger charge is -2.08. The number of ketones is 1. The number of aryl methyl sites for hydroxylation is 2. The number of rotatable bonds is 5. The summed E-state index contributed by atoms with van der Waals surface area (Å²) in [4.78, 5) is 17.3. The van der Waals surface area contributed by atoms with Gasteiger partial charge in [-0.3, -0.25) is 4.79 Å². The molecule has 0 fully saturated rings. The van der Waals surface area contributed by atoms with E-state index in [9.17, 15) is 4.79 Å². The van der Waals surface area contributed by atoms with E-state index in [2.05, 4.69) is 4.98 Å². The predicted molar refractivity (Wildman–Crippen MR) is 63.1 cm³/mol. The molecule has 1 aromatic rings. The van der Waals surface area contributed by atoms with Gasteiger partial charge in [0, 0.05) is 17.3 Å². The molecule has 15 heavy (non-hydrogen) atoms. The minimum Gasteiger partial charge on any atom is -0.330 e. The van der Waals surface area contributed by atoms with Gasteiger partial charge in [0.15, 0.2) is 0 Å². The van der Waals surface area contributed by atoms with Crippen molar-refractivity contribution < 1.29 is 4.79 Å². The second-order valence-corrected chi connectivity index (χ2v) is 5.02. The Bertz CT molecular complexity index is 323. The van der Waals surface area contributed by atoms with Crippen molar-refractivity contribution in [2.45, 2.75) is 33.6 Å². The van der Waals surface area contributed by atoms with Gasteiger partial charge in [0.2, 0.25) is 0 Å². The van der Waals surface area contributed by atoms with E-state index < -0.39 is 0 Å². The van der Waals surface area contributed by atoms with Gasteiger partial charge in [0.05, 0.1) is 12.1 Å². The van der Waals surface area contributed by atoms with Gasteiger partial charge in [-0.25, -0.2) is 4.98 Å². The second-order valence-electron chi connectivity index (χ2n) is 3.73. The van der Waals surface area contributed by atoms with Gasteiger partial charge in [-0.2, -0.15) is 0 Å². The Morgan fingerprint density at radius 1 is 1.53 bits per heavy atom. The number of carbonyl (C=O) groups is 1.